The largest absolute Gasteiger partial charge is 0.365 e. The monoisotopic (exact) mass is 251 g/mol. The van der Waals surface area contributed by atoms with E-state index in [1.807, 2.05) is 30.3 Å². The molecule has 1 saturated carbocycles. The highest BCUT2D eigenvalue weighted by Crippen LogP contribution is 2.28. The molecule has 2 heterocycles. The van der Waals surface area contributed by atoms with Crippen molar-refractivity contribution in [2.45, 2.75) is 18.9 Å². The molecule has 0 spiro atoms. The molecule has 94 valence electrons. The average molecular weight is 251 g/mol. The Labute approximate surface area is 110 Å². The van der Waals surface area contributed by atoms with Gasteiger partial charge < -0.3 is 10.3 Å². The second kappa shape index (κ2) is 4.05. The smallest absolute Gasteiger partial charge is 0.183 e. The maximum absolute atomic E-state index is 4.63. The van der Waals surface area contributed by atoms with Gasteiger partial charge in [-0.1, -0.05) is 30.3 Å². The molecule has 0 atom stereocenters. The van der Waals surface area contributed by atoms with Crippen LogP contribution in [0.5, 0.6) is 0 Å². The lowest BCUT2D eigenvalue weighted by Gasteiger charge is -2.07. The van der Waals surface area contributed by atoms with Gasteiger partial charge in [0.15, 0.2) is 17.3 Å². The molecule has 3 aromatic rings. The molecule has 1 fully saturated rings. The van der Waals surface area contributed by atoms with Gasteiger partial charge in [-0.05, 0) is 12.8 Å². The Morgan fingerprint density at radius 2 is 1.95 bits per heavy atom. The van der Waals surface area contributed by atoms with Crippen molar-refractivity contribution >= 4 is 17.0 Å². The molecular weight excluding hydrogens is 238 g/mol. The fourth-order valence-corrected chi connectivity index (χ4v) is 2.07. The Bertz CT molecular complexity index is 715. The number of rotatable bonds is 3. The van der Waals surface area contributed by atoms with E-state index in [2.05, 4.69) is 25.3 Å². The van der Waals surface area contributed by atoms with Gasteiger partial charge in [0.2, 0.25) is 0 Å². The SMILES string of the molecule is c1ccc(-c2nc(NC3CC3)c3[nH]cnc3n2)cc1. The van der Waals surface area contributed by atoms with Crippen LogP contribution in [-0.2, 0) is 0 Å². The van der Waals surface area contributed by atoms with Gasteiger partial charge in [0.05, 0.1) is 6.33 Å². The summed E-state index contributed by atoms with van der Waals surface area (Å²) in [5.74, 6) is 1.56. The van der Waals surface area contributed by atoms with E-state index in [-0.39, 0.29) is 0 Å². The minimum absolute atomic E-state index is 0.546. The summed E-state index contributed by atoms with van der Waals surface area (Å²) < 4.78 is 0. The number of nitrogens with one attached hydrogen (secondary N) is 2. The van der Waals surface area contributed by atoms with Crippen molar-refractivity contribution < 1.29 is 0 Å². The number of hydrogen-bond donors (Lipinski definition) is 2. The Kier molecular flexibility index (Phi) is 2.24. The molecule has 5 heteroatoms. The van der Waals surface area contributed by atoms with Gasteiger partial charge in [-0.3, -0.25) is 0 Å². The van der Waals surface area contributed by atoms with Crippen LogP contribution < -0.4 is 5.32 Å². The standard InChI is InChI=1S/C14H13N5/c1-2-4-9(5-3-1)12-18-13-11(15-8-16-13)14(19-12)17-10-6-7-10/h1-5,8,10H,6-7H2,(H2,15,16,17,18,19). The van der Waals surface area contributed by atoms with E-state index in [1.54, 1.807) is 6.33 Å². The third-order valence-corrected chi connectivity index (χ3v) is 3.24. The number of aromatic nitrogens is 4. The summed E-state index contributed by atoms with van der Waals surface area (Å²) in [5.41, 5.74) is 2.59. The first-order chi connectivity index (χ1) is 9.40. The molecule has 0 aliphatic heterocycles. The molecule has 1 aliphatic carbocycles. The summed E-state index contributed by atoms with van der Waals surface area (Å²) in [4.78, 5) is 16.5. The maximum atomic E-state index is 4.63. The molecule has 0 radical (unpaired) electrons. The van der Waals surface area contributed by atoms with E-state index in [4.69, 9.17) is 0 Å². The summed E-state index contributed by atoms with van der Waals surface area (Å²) >= 11 is 0. The topological polar surface area (TPSA) is 66.5 Å². The zero-order valence-corrected chi connectivity index (χ0v) is 10.3. The minimum atomic E-state index is 0.546. The van der Waals surface area contributed by atoms with Crippen LogP contribution in [0.25, 0.3) is 22.6 Å². The van der Waals surface area contributed by atoms with Crippen molar-refractivity contribution in [3.05, 3.63) is 36.7 Å². The highest BCUT2D eigenvalue weighted by molar-refractivity contribution is 5.84. The first-order valence-electron chi connectivity index (χ1n) is 6.43. The molecule has 4 rings (SSSR count). The van der Waals surface area contributed by atoms with E-state index in [1.165, 1.54) is 12.8 Å². The molecule has 0 saturated heterocycles. The van der Waals surface area contributed by atoms with E-state index < -0.39 is 0 Å². The maximum Gasteiger partial charge on any atom is 0.183 e. The highest BCUT2D eigenvalue weighted by atomic mass is 15.1. The summed E-state index contributed by atoms with van der Waals surface area (Å²) in [7, 11) is 0. The number of benzene rings is 1. The Morgan fingerprint density at radius 1 is 1.11 bits per heavy atom. The molecule has 1 aliphatic rings. The second-order valence-electron chi connectivity index (χ2n) is 4.78. The molecule has 0 bridgehead atoms. The van der Waals surface area contributed by atoms with Crippen molar-refractivity contribution in [1.29, 1.82) is 0 Å². The first-order valence-corrected chi connectivity index (χ1v) is 6.43. The number of fused-ring (bicyclic) bond motifs is 1. The van der Waals surface area contributed by atoms with Crippen LogP contribution in [0.4, 0.5) is 5.82 Å². The number of hydrogen-bond acceptors (Lipinski definition) is 4. The summed E-state index contributed by atoms with van der Waals surface area (Å²) in [6.45, 7) is 0. The second-order valence-corrected chi connectivity index (χ2v) is 4.78. The molecule has 5 nitrogen and oxygen atoms in total. The van der Waals surface area contributed by atoms with E-state index in [9.17, 15) is 0 Å². The van der Waals surface area contributed by atoms with Crippen LogP contribution in [0.1, 0.15) is 12.8 Å². The number of H-pyrrole nitrogens is 1. The van der Waals surface area contributed by atoms with E-state index in [0.29, 0.717) is 17.5 Å². The van der Waals surface area contributed by atoms with Crippen molar-refractivity contribution in [3.63, 3.8) is 0 Å². The van der Waals surface area contributed by atoms with Gasteiger partial charge in [-0.2, -0.15) is 0 Å². The van der Waals surface area contributed by atoms with Crippen LogP contribution in [0, 0.1) is 0 Å². The van der Waals surface area contributed by atoms with Crippen LogP contribution in [-0.4, -0.2) is 26.0 Å². The molecule has 19 heavy (non-hydrogen) atoms. The molecule has 0 amide bonds. The summed E-state index contributed by atoms with van der Waals surface area (Å²) in [5, 5.41) is 3.43. The zero-order valence-electron chi connectivity index (χ0n) is 10.3. The van der Waals surface area contributed by atoms with Gasteiger partial charge in [0.1, 0.15) is 5.52 Å². The highest BCUT2D eigenvalue weighted by Gasteiger charge is 2.23. The molecular formula is C14H13N5. The first kappa shape index (κ1) is 10.5. The average Bonchev–Trinajstić information content (AvgIpc) is 3.14. The fourth-order valence-electron chi connectivity index (χ4n) is 2.07. The van der Waals surface area contributed by atoms with Crippen molar-refractivity contribution in [2.75, 3.05) is 5.32 Å². The normalized spacial score (nSPS) is 14.7. The number of nitrogens with zero attached hydrogens (tertiary/aromatic N) is 3. The van der Waals surface area contributed by atoms with Gasteiger partial charge in [0.25, 0.3) is 0 Å². The lowest BCUT2D eigenvalue weighted by atomic mass is 10.2. The third-order valence-electron chi connectivity index (χ3n) is 3.24. The van der Waals surface area contributed by atoms with Gasteiger partial charge in [-0.15, -0.1) is 0 Å². The lowest BCUT2D eigenvalue weighted by molar-refractivity contribution is 1.10. The third kappa shape index (κ3) is 1.93. The molecule has 1 aromatic carbocycles. The van der Waals surface area contributed by atoms with Crippen molar-refractivity contribution in [2.24, 2.45) is 0 Å². The quantitative estimate of drug-likeness (QED) is 0.751. The zero-order chi connectivity index (χ0) is 12.7. The van der Waals surface area contributed by atoms with E-state index >= 15 is 0 Å². The minimum Gasteiger partial charge on any atom is -0.365 e. The lowest BCUT2D eigenvalue weighted by Crippen LogP contribution is -2.05. The fraction of sp³-hybridized carbons (Fsp3) is 0.214. The number of aromatic amines is 1. The van der Waals surface area contributed by atoms with Gasteiger partial charge >= 0.3 is 0 Å². The van der Waals surface area contributed by atoms with Crippen LogP contribution in [0.2, 0.25) is 0 Å². The van der Waals surface area contributed by atoms with Crippen LogP contribution in [0.3, 0.4) is 0 Å². The predicted octanol–water partition coefficient (Wildman–Crippen LogP) is 2.59. The summed E-state index contributed by atoms with van der Waals surface area (Å²) in [6.07, 6.45) is 4.08. The van der Waals surface area contributed by atoms with Crippen LogP contribution >= 0.6 is 0 Å². The van der Waals surface area contributed by atoms with E-state index in [0.717, 1.165) is 16.9 Å². The Balaban J connectivity index is 1.87. The van der Waals surface area contributed by atoms with Crippen molar-refractivity contribution in [3.8, 4) is 11.4 Å². The van der Waals surface area contributed by atoms with Crippen molar-refractivity contribution in [1.82, 2.24) is 19.9 Å². The Morgan fingerprint density at radius 3 is 2.74 bits per heavy atom. The molecule has 2 N–H and O–H groups in total. The number of imidazole rings is 1. The van der Waals surface area contributed by atoms with Crippen LogP contribution in [0.15, 0.2) is 36.7 Å². The molecule has 2 aromatic heterocycles. The Hall–Kier alpha value is -2.43. The molecule has 0 unspecified atom stereocenters. The van der Waals surface area contributed by atoms with Gasteiger partial charge in [-0.25, -0.2) is 15.0 Å². The predicted molar refractivity (Wildman–Crippen MR) is 73.8 cm³/mol. The number of anilines is 1. The van der Waals surface area contributed by atoms with Gasteiger partial charge in [0, 0.05) is 11.6 Å². The summed E-state index contributed by atoms with van der Waals surface area (Å²) in [6, 6.07) is 10.5.